The van der Waals surface area contributed by atoms with Gasteiger partial charge < -0.3 is 5.32 Å². The third-order valence-corrected chi connectivity index (χ3v) is 5.37. The maximum atomic E-state index is 12.2. The van der Waals surface area contributed by atoms with Gasteiger partial charge in [-0.15, -0.1) is 11.3 Å². The van der Waals surface area contributed by atoms with E-state index in [1.807, 2.05) is 0 Å². The Morgan fingerprint density at radius 3 is 2.78 bits per heavy atom. The second-order valence-corrected chi connectivity index (χ2v) is 7.30. The van der Waals surface area contributed by atoms with Crippen LogP contribution >= 0.6 is 22.9 Å². The fraction of sp³-hybridized carbons (Fsp3) is 0.294. The van der Waals surface area contributed by atoms with Crippen molar-refractivity contribution in [1.82, 2.24) is 0 Å². The number of carbonyl (C=O) groups excluding carboxylic acids is 1. The van der Waals surface area contributed by atoms with Crippen LogP contribution in [0.15, 0.2) is 24.3 Å². The van der Waals surface area contributed by atoms with Crippen LogP contribution in [0.2, 0.25) is 5.02 Å². The van der Waals surface area contributed by atoms with E-state index >= 15 is 0 Å². The van der Waals surface area contributed by atoms with E-state index in [-0.39, 0.29) is 6.03 Å². The van der Waals surface area contributed by atoms with Crippen molar-refractivity contribution in [3.63, 3.8) is 0 Å². The van der Waals surface area contributed by atoms with Crippen LogP contribution in [0.25, 0.3) is 0 Å². The first kappa shape index (κ1) is 15.9. The van der Waals surface area contributed by atoms with Crippen molar-refractivity contribution in [2.45, 2.75) is 26.2 Å². The summed E-state index contributed by atoms with van der Waals surface area (Å²) in [5, 5.41) is 16.2. The summed E-state index contributed by atoms with van der Waals surface area (Å²) in [5.41, 5.74) is 2.38. The van der Waals surface area contributed by atoms with Crippen molar-refractivity contribution >= 4 is 39.7 Å². The number of thiophene rings is 1. The zero-order chi connectivity index (χ0) is 16.4. The van der Waals surface area contributed by atoms with Crippen LogP contribution in [0.1, 0.15) is 29.3 Å². The van der Waals surface area contributed by atoms with Gasteiger partial charge >= 0.3 is 6.03 Å². The highest BCUT2D eigenvalue weighted by atomic mass is 35.5. The highest BCUT2D eigenvalue weighted by molar-refractivity contribution is 7.16. The molecule has 1 unspecified atom stereocenters. The summed E-state index contributed by atoms with van der Waals surface area (Å²) in [6, 6.07) is 8.78. The lowest BCUT2D eigenvalue weighted by Crippen LogP contribution is -2.19. The molecule has 0 aliphatic heterocycles. The number of urea groups is 1. The van der Waals surface area contributed by atoms with Crippen molar-refractivity contribution < 1.29 is 4.79 Å². The Morgan fingerprint density at radius 1 is 1.35 bits per heavy atom. The van der Waals surface area contributed by atoms with E-state index in [4.69, 9.17) is 11.6 Å². The van der Waals surface area contributed by atoms with Gasteiger partial charge in [-0.25, -0.2) is 4.79 Å². The predicted octanol–water partition coefficient (Wildman–Crippen LogP) is 5.04. The molecular weight excluding hydrogens is 330 g/mol. The Bertz CT molecular complexity index is 776. The van der Waals surface area contributed by atoms with E-state index in [2.05, 4.69) is 23.6 Å². The van der Waals surface area contributed by atoms with E-state index in [0.717, 1.165) is 24.8 Å². The van der Waals surface area contributed by atoms with Crippen molar-refractivity contribution in [2.75, 3.05) is 10.6 Å². The first-order chi connectivity index (χ1) is 11.1. The van der Waals surface area contributed by atoms with E-state index in [0.29, 0.717) is 27.2 Å². The third kappa shape index (κ3) is 3.49. The molecule has 1 heterocycles. The number of nitrogens with zero attached hydrogens (tertiary/aromatic N) is 1. The second-order valence-electron chi connectivity index (χ2n) is 5.75. The van der Waals surface area contributed by atoms with Crippen LogP contribution in [0.4, 0.5) is 15.5 Å². The Labute approximate surface area is 144 Å². The van der Waals surface area contributed by atoms with Crippen LogP contribution < -0.4 is 10.6 Å². The van der Waals surface area contributed by atoms with Crippen LogP contribution in [-0.4, -0.2) is 6.03 Å². The number of carbonyl (C=O) groups is 1. The predicted molar refractivity (Wildman–Crippen MR) is 94.3 cm³/mol. The van der Waals surface area contributed by atoms with Crippen molar-refractivity contribution in [3.05, 3.63) is 45.3 Å². The SMILES string of the molecule is CC1CCc2c(sc(NC(=O)Nc3ccc(Cl)cc3)c2C#N)C1. The van der Waals surface area contributed by atoms with Gasteiger partial charge in [-0.3, -0.25) is 5.32 Å². The molecule has 0 bridgehead atoms. The molecule has 23 heavy (non-hydrogen) atoms. The van der Waals surface area contributed by atoms with E-state index in [1.54, 1.807) is 24.3 Å². The smallest absolute Gasteiger partial charge is 0.308 e. The molecule has 2 aromatic rings. The minimum absolute atomic E-state index is 0.351. The molecule has 1 aliphatic carbocycles. The number of nitriles is 1. The number of amides is 2. The fourth-order valence-corrected chi connectivity index (χ4v) is 4.24. The van der Waals surface area contributed by atoms with Gasteiger partial charge in [-0.05, 0) is 55.0 Å². The Morgan fingerprint density at radius 2 is 2.09 bits per heavy atom. The zero-order valence-corrected chi connectivity index (χ0v) is 14.2. The van der Waals surface area contributed by atoms with E-state index < -0.39 is 0 Å². The normalized spacial score (nSPS) is 16.3. The summed E-state index contributed by atoms with van der Waals surface area (Å²) in [6.45, 7) is 2.22. The Kier molecular flexibility index (Phi) is 4.56. The van der Waals surface area contributed by atoms with Crippen LogP contribution in [0.3, 0.4) is 0 Å². The van der Waals surface area contributed by atoms with Crippen molar-refractivity contribution in [2.24, 2.45) is 5.92 Å². The van der Waals surface area contributed by atoms with Gasteiger partial charge in [0.05, 0.1) is 5.56 Å². The lowest BCUT2D eigenvalue weighted by molar-refractivity contribution is 0.262. The number of fused-ring (bicyclic) bond motifs is 1. The van der Waals surface area contributed by atoms with E-state index in [9.17, 15) is 10.1 Å². The highest BCUT2D eigenvalue weighted by Crippen LogP contribution is 2.39. The molecule has 4 nitrogen and oxygen atoms in total. The zero-order valence-electron chi connectivity index (χ0n) is 12.6. The molecule has 0 saturated carbocycles. The topological polar surface area (TPSA) is 64.9 Å². The van der Waals surface area contributed by atoms with Gasteiger partial charge in [-0.1, -0.05) is 18.5 Å². The molecule has 0 fully saturated rings. The lowest BCUT2D eigenvalue weighted by Gasteiger charge is -2.17. The van der Waals surface area contributed by atoms with Crippen LogP contribution in [0.5, 0.6) is 0 Å². The molecule has 2 amide bonds. The molecule has 1 aromatic carbocycles. The number of halogens is 1. The summed E-state index contributed by atoms with van der Waals surface area (Å²) < 4.78 is 0. The van der Waals surface area contributed by atoms with Gasteiger partial charge in [0.15, 0.2) is 0 Å². The van der Waals surface area contributed by atoms with Gasteiger partial charge in [0, 0.05) is 15.6 Å². The summed E-state index contributed by atoms with van der Waals surface area (Å²) in [6.07, 6.45) is 2.99. The minimum Gasteiger partial charge on any atom is -0.308 e. The summed E-state index contributed by atoms with van der Waals surface area (Å²) in [5.74, 6) is 0.628. The van der Waals surface area contributed by atoms with Gasteiger partial charge in [0.1, 0.15) is 11.1 Å². The number of hydrogen-bond acceptors (Lipinski definition) is 3. The molecule has 0 spiro atoms. The standard InChI is InChI=1S/C17H16ClN3OS/c1-10-2-7-13-14(9-19)16(23-15(13)8-10)21-17(22)20-12-5-3-11(18)4-6-12/h3-6,10H,2,7-8H2,1H3,(H2,20,21,22). The highest BCUT2D eigenvalue weighted by Gasteiger charge is 2.24. The fourth-order valence-electron chi connectivity index (χ4n) is 2.76. The molecule has 0 saturated heterocycles. The van der Waals surface area contributed by atoms with Crippen LogP contribution in [-0.2, 0) is 12.8 Å². The number of benzene rings is 1. The van der Waals surface area contributed by atoms with Gasteiger partial charge in [-0.2, -0.15) is 5.26 Å². The molecule has 2 N–H and O–H groups in total. The van der Waals surface area contributed by atoms with E-state index in [1.165, 1.54) is 16.2 Å². The Balaban J connectivity index is 1.76. The van der Waals surface area contributed by atoms with Crippen molar-refractivity contribution in [1.29, 1.82) is 5.26 Å². The maximum absolute atomic E-state index is 12.2. The second kappa shape index (κ2) is 6.61. The molecule has 1 atom stereocenters. The maximum Gasteiger partial charge on any atom is 0.324 e. The Hall–Kier alpha value is -2.03. The average Bonchev–Trinajstić information content (AvgIpc) is 2.85. The quantitative estimate of drug-likeness (QED) is 0.800. The van der Waals surface area contributed by atoms with Crippen molar-refractivity contribution in [3.8, 4) is 6.07 Å². The molecule has 6 heteroatoms. The van der Waals surface area contributed by atoms with Gasteiger partial charge in [0.2, 0.25) is 0 Å². The molecule has 1 aliphatic rings. The first-order valence-corrected chi connectivity index (χ1v) is 8.64. The lowest BCUT2D eigenvalue weighted by atomic mass is 9.89. The molecule has 1 aromatic heterocycles. The number of rotatable bonds is 2. The molecule has 3 rings (SSSR count). The number of anilines is 2. The van der Waals surface area contributed by atoms with Crippen LogP contribution in [0, 0.1) is 17.2 Å². The number of nitrogens with one attached hydrogen (secondary N) is 2. The van der Waals surface area contributed by atoms with Gasteiger partial charge in [0.25, 0.3) is 0 Å². The monoisotopic (exact) mass is 345 g/mol. The summed E-state index contributed by atoms with van der Waals surface area (Å²) >= 11 is 7.34. The third-order valence-electron chi connectivity index (χ3n) is 3.95. The number of hydrogen-bond donors (Lipinski definition) is 2. The largest absolute Gasteiger partial charge is 0.324 e. The summed E-state index contributed by atoms with van der Waals surface area (Å²) in [7, 11) is 0. The first-order valence-electron chi connectivity index (χ1n) is 7.45. The molecule has 118 valence electrons. The minimum atomic E-state index is -0.351. The molecule has 0 radical (unpaired) electrons. The average molecular weight is 346 g/mol. The molecular formula is C17H16ClN3OS. The summed E-state index contributed by atoms with van der Waals surface area (Å²) in [4.78, 5) is 13.4.